The highest BCUT2D eigenvalue weighted by Gasteiger charge is 2.53. The second kappa shape index (κ2) is 24.1. The van der Waals surface area contributed by atoms with Crippen molar-refractivity contribution in [3.8, 4) is 34.5 Å². The second-order valence-corrected chi connectivity index (χ2v) is 33.2. The molecule has 0 N–H and O–H groups in total. The van der Waals surface area contributed by atoms with Crippen LogP contribution in [0.4, 0.5) is 77.5 Å². The molecule has 6 unspecified atom stereocenters. The first kappa shape index (κ1) is 63.1. The quantitative estimate of drug-likeness (QED) is 0.122. The van der Waals surface area contributed by atoms with Crippen molar-refractivity contribution in [3.63, 3.8) is 0 Å². The van der Waals surface area contributed by atoms with E-state index < -0.39 is 55.0 Å². The SMILES string of the molecule is Fc1cccc(F)c1N1c2cc3c(cc2B2c4ccccc4Oc4cc(C5CC6CCCCCC6C5)cc1c42)B1c2cc4c(cc2N(c2c(F)cccc2F)c2cc(C5CC6CCCCCC6C5)cc(c21)N3c1c(F)cccc1F)Oc1cc(C2CC3CCCCCC3C2)cc2c1B4c1ccccc1O2. The predicted octanol–water partition coefficient (Wildman–Crippen LogP) is 19.0. The van der Waals surface area contributed by atoms with E-state index in [1.54, 1.807) is 14.7 Å². The summed E-state index contributed by atoms with van der Waals surface area (Å²) in [5, 5.41) is 0. The Bertz CT molecular complexity index is 5240. The van der Waals surface area contributed by atoms with Crippen LogP contribution >= 0.6 is 0 Å². The van der Waals surface area contributed by atoms with Gasteiger partial charge in [-0.2, -0.15) is 0 Å². The molecule has 0 amide bonds. The third-order valence-corrected chi connectivity index (χ3v) is 27.8. The summed E-state index contributed by atoms with van der Waals surface area (Å²) in [5.74, 6) is 3.06. The average Bonchev–Trinajstić information content (AvgIpc) is 1.66. The summed E-state index contributed by atoms with van der Waals surface area (Å²) in [6.45, 7) is -1.84. The molecule has 10 aromatic rings. The maximum Gasteiger partial charge on any atom is 0.260 e. The molecule has 105 heavy (non-hydrogen) atoms. The number of rotatable bonds is 6. The summed E-state index contributed by atoms with van der Waals surface area (Å²) in [7, 11) is 0. The van der Waals surface area contributed by atoms with E-state index in [2.05, 4.69) is 60.7 Å². The molecule has 15 heteroatoms. The van der Waals surface area contributed by atoms with Gasteiger partial charge in [-0.25, -0.2) is 26.3 Å². The van der Waals surface area contributed by atoms with E-state index >= 15 is 26.3 Å². The first-order valence-electron chi connectivity index (χ1n) is 39.3. The van der Waals surface area contributed by atoms with Gasteiger partial charge in [-0.15, -0.1) is 0 Å². The minimum atomic E-state index is -0.834. The summed E-state index contributed by atoms with van der Waals surface area (Å²) >= 11 is 0. The minimum absolute atomic E-state index is 0.0149. The van der Waals surface area contributed by atoms with Crippen LogP contribution in [0.3, 0.4) is 0 Å². The van der Waals surface area contributed by atoms with Crippen LogP contribution in [0.25, 0.3) is 0 Å². The van der Waals surface area contributed by atoms with Gasteiger partial charge in [0.05, 0.1) is 0 Å². The Balaban J connectivity index is 0.828. The molecule has 6 fully saturated rings. The van der Waals surface area contributed by atoms with Gasteiger partial charge in [-0.3, -0.25) is 0 Å². The number of ether oxygens (including phenoxy) is 3. The van der Waals surface area contributed by atoms with Crippen molar-refractivity contribution in [3.05, 3.63) is 215 Å². The molecule has 6 heterocycles. The largest absolute Gasteiger partial charge is 0.458 e. The van der Waals surface area contributed by atoms with Gasteiger partial charge in [0.25, 0.3) is 20.1 Å². The highest BCUT2D eigenvalue weighted by molar-refractivity contribution is 7.04. The van der Waals surface area contributed by atoms with Crippen molar-refractivity contribution in [1.29, 1.82) is 0 Å². The van der Waals surface area contributed by atoms with Gasteiger partial charge in [0.2, 0.25) is 0 Å². The summed E-state index contributed by atoms with van der Waals surface area (Å²) in [6.07, 6.45) is 24.1. The third kappa shape index (κ3) is 9.65. The first-order chi connectivity index (χ1) is 51.5. The highest BCUT2D eigenvalue weighted by atomic mass is 19.2. The predicted molar refractivity (Wildman–Crippen MR) is 410 cm³/mol. The summed E-state index contributed by atoms with van der Waals surface area (Å²) in [4.78, 5) is 5.17. The van der Waals surface area contributed by atoms with Crippen molar-refractivity contribution in [2.24, 2.45) is 35.5 Å². The molecule has 0 aromatic heterocycles. The first-order valence-corrected chi connectivity index (χ1v) is 39.3. The number of halogens is 6. The van der Waals surface area contributed by atoms with E-state index in [1.165, 1.54) is 131 Å². The lowest BCUT2D eigenvalue weighted by molar-refractivity contribution is 0.367. The van der Waals surface area contributed by atoms with Crippen molar-refractivity contribution in [2.75, 3.05) is 14.7 Å². The average molecular weight is 1400 g/mol. The maximum atomic E-state index is 18.1. The molecule has 12 aliphatic rings. The van der Waals surface area contributed by atoms with Crippen LogP contribution in [0.2, 0.25) is 0 Å². The fourth-order valence-electron chi connectivity index (χ4n) is 23.3. The number of para-hydroxylation sites is 5. The van der Waals surface area contributed by atoms with Gasteiger partial charge in [0, 0.05) is 45.7 Å². The van der Waals surface area contributed by atoms with Crippen molar-refractivity contribution in [1.82, 2.24) is 0 Å². The molecule has 6 nitrogen and oxygen atoms in total. The molecule has 522 valence electrons. The molecule has 6 aliphatic carbocycles. The third-order valence-electron chi connectivity index (χ3n) is 27.8. The van der Waals surface area contributed by atoms with E-state index in [4.69, 9.17) is 14.2 Å². The molecule has 10 aromatic carbocycles. The summed E-state index contributed by atoms with van der Waals surface area (Å²) in [5.41, 5.74) is 11.9. The Morgan fingerprint density at radius 1 is 0.257 bits per heavy atom. The van der Waals surface area contributed by atoms with Crippen LogP contribution in [0.1, 0.15) is 169 Å². The monoisotopic (exact) mass is 1400 g/mol. The molecule has 6 aliphatic heterocycles. The number of anilines is 9. The highest BCUT2D eigenvalue weighted by Crippen LogP contribution is 2.57. The van der Waals surface area contributed by atoms with Gasteiger partial charge in [-0.1, -0.05) is 163 Å². The van der Waals surface area contributed by atoms with Gasteiger partial charge in [-0.05, 0) is 243 Å². The lowest BCUT2D eigenvalue weighted by atomic mass is 9.29. The molecule has 6 saturated carbocycles. The van der Waals surface area contributed by atoms with E-state index in [0.717, 1.165) is 114 Å². The van der Waals surface area contributed by atoms with Crippen LogP contribution in [0.15, 0.2) is 164 Å². The fraction of sp³-hybridized carbons (Fsp3) is 0.333. The lowest BCUT2D eigenvalue weighted by Gasteiger charge is -2.47. The zero-order valence-electron chi connectivity index (χ0n) is 58.7. The fourth-order valence-corrected chi connectivity index (χ4v) is 23.3. The van der Waals surface area contributed by atoms with E-state index in [1.807, 2.05) is 48.5 Å². The lowest BCUT2D eigenvalue weighted by Crippen LogP contribution is -2.66. The summed E-state index contributed by atoms with van der Waals surface area (Å²) < 4.78 is 129. The molecule has 0 saturated heterocycles. The maximum absolute atomic E-state index is 18.1. The van der Waals surface area contributed by atoms with Gasteiger partial charge < -0.3 is 28.9 Å². The Labute approximate surface area is 610 Å². The normalized spacial score (nSPS) is 24.5. The van der Waals surface area contributed by atoms with Crippen LogP contribution in [-0.2, 0) is 0 Å². The number of hydrogen-bond acceptors (Lipinski definition) is 6. The smallest absolute Gasteiger partial charge is 0.260 e. The summed E-state index contributed by atoms with van der Waals surface area (Å²) in [6, 6.07) is 49.4. The van der Waals surface area contributed by atoms with E-state index in [0.29, 0.717) is 120 Å². The van der Waals surface area contributed by atoms with Gasteiger partial charge in [0.15, 0.2) is 0 Å². The van der Waals surface area contributed by atoms with E-state index in [9.17, 15) is 0 Å². The van der Waals surface area contributed by atoms with E-state index in [-0.39, 0.29) is 28.9 Å². The standard InChI is InChI=1S/C90H78B3F6N3O3/c94-67-25-14-26-68(95)88(67)100-74-47-73-63(91-61-23-10-12-31-79(61)103-82-42-59(56-35-51-19-6-2-7-20-52(51)36-56)41-78(86(82)91)101(73)89-69(96)27-15-28-70(89)97)45-64(74)93-65-46-66-81(105-84-44-60(57-37-53-21-8-3-9-22-54(53)38-57)43-83-87(84)92(66)62-24-11-13-32-80(62)104-83)48-75(65)102(90-71(98)29-16-30-72(90)99)77-40-58(39-76(100)85(77)93)55-33-49-17-4-1-5-18-50(49)34-55/h10-16,23-32,39-57H,1-9,17-22,33-38H2. The van der Waals surface area contributed by atoms with Crippen molar-refractivity contribution >= 4 is 120 Å². The zero-order valence-corrected chi connectivity index (χ0v) is 58.7. The van der Waals surface area contributed by atoms with Crippen molar-refractivity contribution < 1.29 is 40.6 Å². The van der Waals surface area contributed by atoms with Crippen LogP contribution in [-0.4, -0.2) is 20.1 Å². The van der Waals surface area contributed by atoms with Crippen LogP contribution in [0.5, 0.6) is 34.5 Å². The van der Waals surface area contributed by atoms with Crippen LogP contribution < -0.4 is 78.1 Å². The molecule has 0 bridgehead atoms. The number of hydrogen-bond donors (Lipinski definition) is 0. The van der Waals surface area contributed by atoms with Crippen LogP contribution in [0, 0.1) is 70.4 Å². The Hall–Kier alpha value is -9.23. The number of nitrogens with zero attached hydrogens (tertiary/aromatic N) is 3. The Morgan fingerprint density at radius 3 is 0.981 bits per heavy atom. The van der Waals surface area contributed by atoms with Gasteiger partial charge in [0.1, 0.15) is 86.5 Å². The Morgan fingerprint density at radius 2 is 0.571 bits per heavy atom. The molecular weight excluding hydrogens is 1320 g/mol. The molecule has 6 atom stereocenters. The Kier molecular flexibility index (Phi) is 14.5. The van der Waals surface area contributed by atoms with Gasteiger partial charge >= 0.3 is 0 Å². The topological polar surface area (TPSA) is 37.4 Å². The molecule has 0 spiro atoms. The number of fused-ring (bicyclic) bond motifs is 15. The molecular formula is C90H78B3F6N3O3. The zero-order chi connectivity index (χ0) is 69.8. The molecule has 0 radical (unpaired) electrons. The molecule has 22 rings (SSSR count). The minimum Gasteiger partial charge on any atom is -0.458 e. The van der Waals surface area contributed by atoms with Crippen molar-refractivity contribution in [2.45, 2.75) is 153 Å². The number of benzene rings is 10. The second-order valence-electron chi connectivity index (χ2n) is 33.2.